The zero-order valence-electron chi connectivity index (χ0n) is 15.9. The topological polar surface area (TPSA) is 27.3 Å². The van der Waals surface area contributed by atoms with Gasteiger partial charge in [-0.3, -0.25) is 4.90 Å². The van der Waals surface area contributed by atoms with Crippen LogP contribution in [0.25, 0.3) is 0 Å². The molecule has 25 heavy (non-hydrogen) atoms. The number of anilines is 1. The Kier molecular flexibility index (Phi) is 6.34. The van der Waals surface area contributed by atoms with Gasteiger partial charge in [-0.15, -0.1) is 0 Å². The van der Waals surface area contributed by atoms with Gasteiger partial charge >= 0.3 is 0 Å². The van der Waals surface area contributed by atoms with Gasteiger partial charge in [0.1, 0.15) is 0 Å². The highest BCUT2D eigenvalue weighted by atomic mass is 32.1. The molecule has 0 aromatic heterocycles. The van der Waals surface area contributed by atoms with E-state index < -0.39 is 0 Å². The van der Waals surface area contributed by atoms with E-state index in [9.17, 15) is 0 Å². The van der Waals surface area contributed by atoms with Crippen molar-refractivity contribution in [3.8, 4) is 0 Å². The summed E-state index contributed by atoms with van der Waals surface area (Å²) in [7, 11) is 0. The van der Waals surface area contributed by atoms with Crippen LogP contribution in [0.4, 0.5) is 5.69 Å². The van der Waals surface area contributed by atoms with Crippen LogP contribution < -0.4 is 10.6 Å². The Labute approximate surface area is 158 Å². The Morgan fingerprint density at radius 2 is 1.60 bits per heavy atom. The number of nitrogens with zero attached hydrogens (tertiary/aromatic N) is 1. The SMILES string of the molecule is Cc1cccc(C)c1NC(=S)NCC1(N2CCCCC2)CCCCC1. The molecule has 3 rings (SSSR count). The van der Waals surface area contributed by atoms with Gasteiger partial charge in [0.2, 0.25) is 0 Å². The Morgan fingerprint density at radius 3 is 2.24 bits per heavy atom. The number of piperidine rings is 1. The van der Waals surface area contributed by atoms with Crippen LogP contribution in [0.2, 0.25) is 0 Å². The maximum atomic E-state index is 5.63. The normalized spacial score (nSPS) is 20.9. The summed E-state index contributed by atoms with van der Waals surface area (Å²) < 4.78 is 0. The second kappa shape index (κ2) is 8.50. The third-order valence-corrected chi connectivity index (χ3v) is 6.36. The molecule has 0 atom stereocenters. The summed E-state index contributed by atoms with van der Waals surface area (Å²) in [6, 6.07) is 6.36. The third kappa shape index (κ3) is 4.53. The monoisotopic (exact) mass is 359 g/mol. The van der Waals surface area contributed by atoms with Gasteiger partial charge in [0.25, 0.3) is 0 Å². The van der Waals surface area contributed by atoms with Gasteiger partial charge in [-0.05, 0) is 76.0 Å². The predicted octanol–water partition coefficient (Wildman–Crippen LogP) is 4.78. The fourth-order valence-corrected chi connectivity index (χ4v) is 4.77. The Hall–Kier alpha value is -1.13. The van der Waals surface area contributed by atoms with Gasteiger partial charge in [-0.1, -0.05) is 43.9 Å². The van der Waals surface area contributed by atoms with Crippen LogP contribution in [-0.2, 0) is 0 Å². The lowest BCUT2D eigenvalue weighted by atomic mass is 9.79. The maximum Gasteiger partial charge on any atom is 0.170 e. The molecule has 3 nitrogen and oxygen atoms in total. The number of likely N-dealkylation sites (tertiary alicyclic amines) is 1. The molecule has 2 fully saturated rings. The molecule has 1 aromatic rings. The molecule has 0 radical (unpaired) electrons. The summed E-state index contributed by atoms with van der Waals surface area (Å²) in [5.74, 6) is 0. The van der Waals surface area contributed by atoms with Crippen LogP contribution in [0.3, 0.4) is 0 Å². The smallest absolute Gasteiger partial charge is 0.170 e. The number of nitrogens with one attached hydrogen (secondary N) is 2. The van der Waals surface area contributed by atoms with E-state index in [2.05, 4.69) is 47.6 Å². The summed E-state index contributed by atoms with van der Waals surface area (Å²) in [6.45, 7) is 7.77. The van der Waals surface area contributed by atoms with Gasteiger partial charge in [0.15, 0.2) is 5.11 Å². The first-order valence-corrected chi connectivity index (χ1v) is 10.4. The van der Waals surface area contributed by atoms with Crippen LogP contribution in [0, 0.1) is 13.8 Å². The molecule has 138 valence electrons. The highest BCUT2D eigenvalue weighted by molar-refractivity contribution is 7.80. The van der Waals surface area contributed by atoms with Crippen LogP contribution in [0.15, 0.2) is 18.2 Å². The molecular weight excluding hydrogens is 326 g/mol. The van der Waals surface area contributed by atoms with Crippen LogP contribution in [-0.4, -0.2) is 35.2 Å². The van der Waals surface area contributed by atoms with E-state index in [1.807, 2.05) is 0 Å². The molecule has 2 aliphatic rings. The molecule has 2 N–H and O–H groups in total. The molecule has 0 amide bonds. The lowest BCUT2D eigenvalue weighted by Crippen LogP contribution is -2.58. The first-order chi connectivity index (χ1) is 12.1. The fourth-order valence-electron chi connectivity index (χ4n) is 4.60. The quantitative estimate of drug-likeness (QED) is 0.757. The zero-order valence-corrected chi connectivity index (χ0v) is 16.7. The van der Waals surface area contributed by atoms with Crippen LogP contribution in [0.1, 0.15) is 62.5 Å². The zero-order chi connectivity index (χ0) is 17.7. The number of aryl methyl sites for hydroxylation is 2. The van der Waals surface area contributed by atoms with Gasteiger partial charge in [0, 0.05) is 17.8 Å². The van der Waals surface area contributed by atoms with Crippen molar-refractivity contribution >= 4 is 23.0 Å². The standard InChI is InChI=1S/C21H33N3S/c1-17-10-9-11-18(2)19(17)23-20(25)22-16-21(12-5-3-6-13-21)24-14-7-4-8-15-24/h9-11H,3-8,12-16H2,1-2H3,(H2,22,23,25). The van der Waals surface area contributed by atoms with Crippen LogP contribution >= 0.6 is 12.2 Å². The number of para-hydroxylation sites is 1. The Bertz CT molecular complexity index is 567. The molecule has 1 aromatic carbocycles. The van der Waals surface area contributed by atoms with Crippen molar-refractivity contribution in [2.45, 2.75) is 70.8 Å². The highest BCUT2D eigenvalue weighted by Gasteiger charge is 2.38. The summed E-state index contributed by atoms with van der Waals surface area (Å²) in [5.41, 5.74) is 3.95. The minimum Gasteiger partial charge on any atom is -0.361 e. The van der Waals surface area contributed by atoms with Crippen molar-refractivity contribution in [1.82, 2.24) is 10.2 Å². The number of hydrogen-bond acceptors (Lipinski definition) is 2. The number of rotatable bonds is 4. The van der Waals surface area contributed by atoms with Crippen molar-refractivity contribution < 1.29 is 0 Å². The van der Waals surface area contributed by atoms with Crippen LogP contribution in [0.5, 0.6) is 0 Å². The maximum absolute atomic E-state index is 5.63. The van der Waals surface area contributed by atoms with E-state index in [-0.39, 0.29) is 0 Å². The average Bonchev–Trinajstić information content (AvgIpc) is 2.65. The number of thiocarbonyl (C=S) groups is 1. The molecule has 1 saturated carbocycles. The van der Waals surface area contributed by atoms with Gasteiger partial charge in [-0.2, -0.15) is 0 Å². The van der Waals surface area contributed by atoms with E-state index in [4.69, 9.17) is 12.2 Å². The van der Waals surface area contributed by atoms with E-state index in [1.165, 1.54) is 75.6 Å². The molecule has 0 unspecified atom stereocenters. The molecule has 0 bridgehead atoms. The number of hydrogen-bond donors (Lipinski definition) is 2. The molecule has 1 saturated heterocycles. The second-order valence-electron chi connectivity index (χ2n) is 7.91. The summed E-state index contributed by atoms with van der Waals surface area (Å²) in [4.78, 5) is 2.77. The van der Waals surface area contributed by atoms with Crippen molar-refractivity contribution in [1.29, 1.82) is 0 Å². The van der Waals surface area contributed by atoms with E-state index in [0.29, 0.717) is 5.54 Å². The van der Waals surface area contributed by atoms with Gasteiger partial charge in [-0.25, -0.2) is 0 Å². The Balaban J connectivity index is 1.63. The minimum atomic E-state index is 0.311. The molecular formula is C21H33N3S. The third-order valence-electron chi connectivity index (χ3n) is 6.11. The van der Waals surface area contributed by atoms with Crippen molar-refractivity contribution in [3.63, 3.8) is 0 Å². The van der Waals surface area contributed by atoms with E-state index in [1.54, 1.807) is 0 Å². The number of benzene rings is 1. The molecule has 1 heterocycles. The summed E-state index contributed by atoms with van der Waals surface area (Å²) in [6.07, 6.45) is 10.8. The lowest BCUT2D eigenvalue weighted by molar-refractivity contribution is 0.0371. The molecule has 1 aliphatic carbocycles. The Morgan fingerprint density at radius 1 is 1.00 bits per heavy atom. The van der Waals surface area contributed by atoms with Gasteiger partial charge in [0.05, 0.1) is 0 Å². The summed E-state index contributed by atoms with van der Waals surface area (Å²) in [5, 5.41) is 7.78. The van der Waals surface area contributed by atoms with Gasteiger partial charge < -0.3 is 10.6 Å². The van der Waals surface area contributed by atoms with Crippen molar-refractivity contribution in [3.05, 3.63) is 29.3 Å². The van der Waals surface area contributed by atoms with E-state index in [0.717, 1.165) is 17.3 Å². The highest BCUT2D eigenvalue weighted by Crippen LogP contribution is 2.35. The summed E-state index contributed by atoms with van der Waals surface area (Å²) >= 11 is 5.63. The van der Waals surface area contributed by atoms with Crippen molar-refractivity contribution in [2.24, 2.45) is 0 Å². The first kappa shape index (κ1) is 18.7. The van der Waals surface area contributed by atoms with Crippen molar-refractivity contribution in [2.75, 3.05) is 25.0 Å². The fraction of sp³-hybridized carbons (Fsp3) is 0.667. The second-order valence-corrected chi connectivity index (χ2v) is 8.32. The predicted molar refractivity (Wildman–Crippen MR) is 111 cm³/mol. The molecule has 1 aliphatic heterocycles. The molecule has 0 spiro atoms. The molecule has 4 heteroatoms. The average molecular weight is 360 g/mol. The first-order valence-electron chi connectivity index (χ1n) is 9.97. The minimum absolute atomic E-state index is 0.311. The largest absolute Gasteiger partial charge is 0.361 e. The lowest BCUT2D eigenvalue weighted by Gasteiger charge is -2.48. The van der Waals surface area contributed by atoms with E-state index >= 15 is 0 Å².